The van der Waals surface area contributed by atoms with Crippen LogP contribution in [0.15, 0.2) is 29.3 Å². The van der Waals surface area contributed by atoms with Crippen molar-refractivity contribution >= 4 is 35.8 Å². The van der Waals surface area contributed by atoms with Crippen LogP contribution >= 0.6 is 24.0 Å². The van der Waals surface area contributed by atoms with Crippen LogP contribution in [0.1, 0.15) is 61.4 Å². The molecule has 0 atom stereocenters. The molecule has 0 radical (unpaired) electrons. The van der Waals surface area contributed by atoms with Crippen LogP contribution < -0.4 is 10.6 Å². The van der Waals surface area contributed by atoms with E-state index < -0.39 is 0 Å². The molecule has 1 aliphatic heterocycles. The highest BCUT2D eigenvalue weighted by Gasteiger charge is 2.43. The lowest BCUT2D eigenvalue weighted by molar-refractivity contribution is 0.0953. The van der Waals surface area contributed by atoms with Crippen LogP contribution in [0.3, 0.4) is 0 Å². The maximum Gasteiger partial charge on any atom is 0.251 e. The maximum atomic E-state index is 12.1. The van der Waals surface area contributed by atoms with Crippen LogP contribution in [-0.4, -0.2) is 43.4 Å². The molecule has 1 aromatic rings. The predicted octanol–water partition coefficient (Wildman–Crippen LogP) is 3.79. The number of benzene rings is 1. The van der Waals surface area contributed by atoms with Gasteiger partial charge in [0.25, 0.3) is 5.91 Å². The molecule has 0 bridgehead atoms. The Balaban J connectivity index is 0.00000261. The summed E-state index contributed by atoms with van der Waals surface area (Å²) in [6.07, 6.45) is 7.55. The van der Waals surface area contributed by atoms with Crippen molar-refractivity contribution in [3.05, 3.63) is 35.4 Å². The van der Waals surface area contributed by atoms with Crippen molar-refractivity contribution in [1.82, 2.24) is 15.5 Å². The number of amides is 1. The number of guanidine groups is 1. The quantitative estimate of drug-likeness (QED) is 0.280. The zero-order chi connectivity index (χ0) is 18.4. The van der Waals surface area contributed by atoms with Gasteiger partial charge in [-0.1, -0.05) is 31.9 Å². The molecule has 2 fully saturated rings. The van der Waals surface area contributed by atoms with Gasteiger partial charge in [-0.3, -0.25) is 9.79 Å². The van der Waals surface area contributed by atoms with Gasteiger partial charge in [0, 0.05) is 38.8 Å². The average molecular weight is 484 g/mol. The van der Waals surface area contributed by atoms with Gasteiger partial charge in [-0.05, 0) is 48.8 Å². The summed E-state index contributed by atoms with van der Waals surface area (Å²) in [7, 11) is 1.86. The summed E-state index contributed by atoms with van der Waals surface area (Å²) < 4.78 is 0. The van der Waals surface area contributed by atoms with Gasteiger partial charge in [-0.2, -0.15) is 0 Å². The standard InChI is InChI=1S/C21H32N4O.HI/c1-3-4-13-23-19(26)18-8-6-17(7-9-18)15-24-20(22-2)25-14-12-21(16-25)10-5-11-21;/h6-9H,3-5,10-16H2,1-2H3,(H,22,24)(H,23,26);1H. The SMILES string of the molecule is CCCCNC(=O)c1ccc(CNC(=NC)N2CCC3(CCC3)C2)cc1.I. The van der Waals surface area contributed by atoms with E-state index in [1.165, 1.54) is 25.7 Å². The Morgan fingerprint density at radius 2 is 1.93 bits per heavy atom. The molecule has 5 nitrogen and oxygen atoms in total. The van der Waals surface area contributed by atoms with Crippen molar-refractivity contribution in [3.8, 4) is 0 Å². The third kappa shape index (κ3) is 5.59. The summed E-state index contributed by atoms with van der Waals surface area (Å²) in [5.74, 6) is 1.01. The molecule has 27 heavy (non-hydrogen) atoms. The molecule has 0 aromatic heterocycles. The van der Waals surface area contributed by atoms with Gasteiger partial charge in [0.05, 0.1) is 0 Å². The number of carbonyl (C=O) groups is 1. The second-order valence-electron chi connectivity index (χ2n) is 7.73. The first-order valence-corrected chi connectivity index (χ1v) is 9.98. The van der Waals surface area contributed by atoms with E-state index in [2.05, 4.69) is 27.4 Å². The number of unbranched alkanes of at least 4 members (excludes halogenated alkanes) is 1. The van der Waals surface area contributed by atoms with Crippen LogP contribution in [0.5, 0.6) is 0 Å². The highest BCUT2D eigenvalue weighted by atomic mass is 127. The van der Waals surface area contributed by atoms with Crippen LogP contribution in [0, 0.1) is 5.41 Å². The molecule has 1 saturated heterocycles. The number of nitrogens with one attached hydrogen (secondary N) is 2. The minimum atomic E-state index is 0. The fourth-order valence-electron chi connectivity index (χ4n) is 3.97. The molecule has 0 unspecified atom stereocenters. The second kappa shape index (κ2) is 10.3. The van der Waals surface area contributed by atoms with E-state index in [1.54, 1.807) is 0 Å². The molecule has 1 amide bonds. The Morgan fingerprint density at radius 1 is 1.19 bits per heavy atom. The Kier molecular flexibility index (Phi) is 8.38. The van der Waals surface area contributed by atoms with E-state index in [0.717, 1.165) is 56.1 Å². The van der Waals surface area contributed by atoms with Crippen LogP contribution in [-0.2, 0) is 6.54 Å². The molecule has 2 aliphatic rings. The number of aliphatic imine (C=N–C) groups is 1. The monoisotopic (exact) mass is 484 g/mol. The minimum Gasteiger partial charge on any atom is -0.352 e. The first-order chi connectivity index (χ1) is 12.7. The van der Waals surface area contributed by atoms with Gasteiger partial charge in [0.1, 0.15) is 0 Å². The zero-order valence-electron chi connectivity index (χ0n) is 16.6. The number of carbonyl (C=O) groups excluding carboxylic acids is 1. The molecule has 150 valence electrons. The lowest BCUT2D eigenvalue weighted by atomic mass is 9.68. The number of halogens is 1. The molecular weight excluding hydrogens is 451 g/mol. The Morgan fingerprint density at radius 3 is 2.48 bits per heavy atom. The van der Waals surface area contributed by atoms with Crippen LogP contribution in [0.4, 0.5) is 0 Å². The van der Waals surface area contributed by atoms with Crippen molar-refractivity contribution < 1.29 is 4.79 Å². The Labute approximate surface area is 180 Å². The first kappa shape index (κ1) is 22.0. The number of rotatable bonds is 6. The number of nitrogens with zero attached hydrogens (tertiary/aromatic N) is 2. The number of hydrogen-bond acceptors (Lipinski definition) is 2. The molecule has 1 spiro atoms. The van der Waals surface area contributed by atoms with Crippen molar-refractivity contribution in [2.24, 2.45) is 10.4 Å². The van der Waals surface area contributed by atoms with Gasteiger partial charge in [-0.15, -0.1) is 24.0 Å². The molecule has 1 aliphatic carbocycles. The minimum absolute atomic E-state index is 0. The van der Waals surface area contributed by atoms with E-state index in [-0.39, 0.29) is 29.9 Å². The summed E-state index contributed by atoms with van der Waals surface area (Å²) in [4.78, 5) is 18.9. The Hall–Kier alpha value is -1.31. The van der Waals surface area contributed by atoms with Gasteiger partial charge in [0.2, 0.25) is 0 Å². The molecule has 1 heterocycles. The van der Waals surface area contributed by atoms with Crippen molar-refractivity contribution in [1.29, 1.82) is 0 Å². The molecule has 6 heteroatoms. The summed E-state index contributed by atoms with van der Waals surface area (Å²) in [5.41, 5.74) is 2.46. The summed E-state index contributed by atoms with van der Waals surface area (Å²) in [6.45, 7) is 5.84. The fraction of sp³-hybridized carbons (Fsp3) is 0.619. The molecular formula is C21H33IN4O. The normalized spacial score (nSPS) is 18.0. The molecule has 1 saturated carbocycles. The van der Waals surface area contributed by atoms with Crippen molar-refractivity contribution in [2.75, 3.05) is 26.7 Å². The third-order valence-corrected chi connectivity index (χ3v) is 5.85. The van der Waals surface area contributed by atoms with Gasteiger partial charge in [0.15, 0.2) is 5.96 Å². The van der Waals surface area contributed by atoms with Gasteiger partial charge < -0.3 is 15.5 Å². The Bertz CT molecular complexity index is 640. The fourth-order valence-corrected chi connectivity index (χ4v) is 3.97. The molecule has 2 N–H and O–H groups in total. The summed E-state index contributed by atoms with van der Waals surface area (Å²) in [5, 5.41) is 6.43. The van der Waals surface area contributed by atoms with E-state index in [1.807, 2.05) is 31.3 Å². The highest BCUT2D eigenvalue weighted by molar-refractivity contribution is 14.0. The lowest BCUT2D eigenvalue weighted by Gasteiger charge is -2.38. The predicted molar refractivity (Wildman–Crippen MR) is 122 cm³/mol. The van der Waals surface area contributed by atoms with Crippen molar-refractivity contribution in [2.45, 2.75) is 52.0 Å². The zero-order valence-corrected chi connectivity index (χ0v) is 18.9. The highest BCUT2D eigenvalue weighted by Crippen LogP contribution is 2.47. The summed E-state index contributed by atoms with van der Waals surface area (Å²) >= 11 is 0. The third-order valence-electron chi connectivity index (χ3n) is 5.85. The van der Waals surface area contributed by atoms with E-state index in [4.69, 9.17) is 0 Å². The van der Waals surface area contributed by atoms with Gasteiger partial charge in [-0.25, -0.2) is 0 Å². The smallest absolute Gasteiger partial charge is 0.251 e. The average Bonchev–Trinajstić information content (AvgIpc) is 3.09. The molecule has 1 aromatic carbocycles. The largest absolute Gasteiger partial charge is 0.352 e. The lowest BCUT2D eigenvalue weighted by Crippen LogP contribution is -2.42. The van der Waals surface area contributed by atoms with E-state index in [0.29, 0.717) is 5.41 Å². The van der Waals surface area contributed by atoms with E-state index in [9.17, 15) is 4.79 Å². The summed E-state index contributed by atoms with van der Waals surface area (Å²) in [6, 6.07) is 7.85. The topological polar surface area (TPSA) is 56.7 Å². The molecule has 3 rings (SSSR count). The van der Waals surface area contributed by atoms with Gasteiger partial charge >= 0.3 is 0 Å². The number of hydrogen-bond donors (Lipinski definition) is 2. The first-order valence-electron chi connectivity index (χ1n) is 9.98. The van der Waals surface area contributed by atoms with E-state index >= 15 is 0 Å². The van der Waals surface area contributed by atoms with Crippen molar-refractivity contribution in [3.63, 3.8) is 0 Å². The van der Waals surface area contributed by atoms with Crippen LogP contribution in [0.2, 0.25) is 0 Å². The maximum absolute atomic E-state index is 12.1. The second-order valence-corrected chi connectivity index (χ2v) is 7.73. The number of likely N-dealkylation sites (tertiary alicyclic amines) is 1. The van der Waals surface area contributed by atoms with Crippen LogP contribution in [0.25, 0.3) is 0 Å².